The van der Waals surface area contributed by atoms with Crippen LogP contribution >= 0.6 is 0 Å². The van der Waals surface area contributed by atoms with Crippen molar-refractivity contribution < 1.29 is 23.9 Å². The Morgan fingerprint density at radius 3 is 2.77 bits per heavy atom. The van der Waals surface area contributed by atoms with Crippen LogP contribution in [-0.2, 0) is 9.53 Å². The summed E-state index contributed by atoms with van der Waals surface area (Å²) in [5.74, 6) is 0.632. The topological polar surface area (TPSA) is 100 Å². The van der Waals surface area contributed by atoms with Crippen LogP contribution in [0.5, 0.6) is 11.5 Å². The lowest BCUT2D eigenvalue weighted by atomic mass is 10.1. The van der Waals surface area contributed by atoms with Crippen molar-refractivity contribution in [3.63, 3.8) is 0 Å². The molecule has 130 valence electrons. The van der Waals surface area contributed by atoms with Gasteiger partial charge in [0.25, 0.3) is 5.69 Å². The van der Waals surface area contributed by atoms with Crippen molar-refractivity contribution >= 4 is 23.6 Å². The van der Waals surface area contributed by atoms with Crippen LogP contribution < -0.4 is 9.47 Å². The van der Waals surface area contributed by atoms with Crippen LogP contribution in [0, 0.1) is 17.0 Å². The first-order valence-electron chi connectivity index (χ1n) is 7.69. The maximum absolute atomic E-state index is 12.1. The Morgan fingerprint density at radius 2 is 1.96 bits per heavy atom. The van der Waals surface area contributed by atoms with Crippen molar-refractivity contribution in [3.8, 4) is 11.5 Å². The van der Waals surface area contributed by atoms with E-state index in [1.54, 1.807) is 43.3 Å². The fraction of sp³-hybridized carbons (Fsp3) is 0.111. The molecule has 8 heteroatoms. The van der Waals surface area contributed by atoms with Gasteiger partial charge in [0.1, 0.15) is 0 Å². The van der Waals surface area contributed by atoms with Crippen molar-refractivity contribution in [2.45, 2.75) is 6.92 Å². The number of ether oxygens (including phenoxy) is 3. The van der Waals surface area contributed by atoms with Gasteiger partial charge in [-0.3, -0.25) is 10.1 Å². The molecule has 26 heavy (non-hydrogen) atoms. The second kappa shape index (κ2) is 5.99. The van der Waals surface area contributed by atoms with E-state index in [2.05, 4.69) is 4.99 Å². The fourth-order valence-electron chi connectivity index (χ4n) is 2.63. The molecule has 0 bridgehead atoms. The number of nitrogens with zero attached hydrogens (tertiary/aromatic N) is 2. The Kier molecular flexibility index (Phi) is 3.65. The normalized spacial score (nSPS) is 16.6. The minimum absolute atomic E-state index is 0.0325. The van der Waals surface area contributed by atoms with Gasteiger partial charge in [0.15, 0.2) is 17.2 Å². The molecule has 4 rings (SSSR count). The molecule has 2 heterocycles. The van der Waals surface area contributed by atoms with E-state index in [1.165, 1.54) is 6.07 Å². The smallest absolute Gasteiger partial charge is 0.363 e. The number of nitro groups is 1. The molecular weight excluding hydrogens is 340 g/mol. The van der Waals surface area contributed by atoms with Crippen LogP contribution in [0.4, 0.5) is 5.69 Å². The summed E-state index contributed by atoms with van der Waals surface area (Å²) in [5, 5.41) is 11.1. The molecular formula is C18H12N2O6. The standard InChI is InChI=1S/C18H12N2O6/c1-10-2-4-12(8-14(10)20(22)23)17-19-13(18(21)26-17)6-11-3-5-15-16(7-11)25-9-24-15/h2-8H,9H2,1H3/b13-6+. The predicted octanol–water partition coefficient (Wildman–Crippen LogP) is 2.98. The maximum atomic E-state index is 12.1. The van der Waals surface area contributed by atoms with Gasteiger partial charge in [-0.1, -0.05) is 12.1 Å². The van der Waals surface area contributed by atoms with Gasteiger partial charge in [0.05, 0.1) is 4.92 Å². The Hall–Kier alpha value is -3.68. The van der Waals surface area contributed by atoms with Crippen LogP contribution in [0.15, 0.2) is 47.1 Å². The third kappa shape index (κ3) is 2.77. The number of fused-ring (bicyclic) bond motifs is 1. The molecule has 2 aromatic rings. The summed E-state index contributed by atoms with van der Waals surface area (Å²) in [6.45, 7) is 1.79. The number of nitro benzene ring substituents is 1. The Morgan fingerprint density at radius 1 is 1.15 bits per heavy atom. The summed E-state index contributed by atoms with van der Waals surface area (Å²) in [7, 11) is 0. The largest absolute Gasteiger partial charge is 0.454 e. The van der Waals surface area contributed by atoms with Crippen molar-refractivity contribution in [2.75, 3.05) is 6.79 Å². The van der Waals surface area contributed by atoms with E-state index < -0.39 is 10.9 Å². The molecule has 0 radical (unpaired) electrons. The number of aryl methyl sites for hydroxylation is 1. The second-order valence-electron chi connectivity index (χ2n) is 5.71. The molecule has 0 unspecified atom stereocenters. The molecule has 0 atom stereocenters. The highest BCUT2D eigenvalue weighted by molar-refractivity contribution is 6.13. The summed E-state index contributed by atoms with van der Waals surface area (Å²) in [5.41, 5.74) is 1.61. The van der Waals surface area contributed by atoms with Gasteiger partial charge >= 0.3 is 5.97 Å². The number of esters is 1. The maximum Gasteiger partial charge on any atom is 0.363 e. The summed E-state index contributed by atoms with van der Waals surface area (Å²) in [4.78, 5) is 26.8. The van der Waals surface area contributed by atoms with Gasteiger partial charge in [-0.15, -0.1) is 0 Å². The third-order valence-corrected chi connectivity index (χ3v) is 3.97. The summed E-state index contributed by atoms with van der Waals surface area (Å²) < 4.78 is 15.7. The molecule has 0 saturated carbocycles. The van der Waals surface area contributed by atoms with Crippen LogP contribution in [0.2, 0.25) is 0 Å². The Bertz CT molecular complexity index is 1010. The van der Waals surface area contributed by atoms with Crippen molar-refractivity contribution in [3.05, 3.63) is 68.9 Å². The zero-order valence-corrected chi connectivity index (χ0v) is 13.6. The molecule has 8 nitrogen and oxygen atoms in total. The van der Waals surface area contributed by atoms with Crippen LogP contribution in [-0.4, -0.2) is 23.6 Å². The highest BCUT2D eigenvalue weighted by atomic mass is 16.7. The molecule has 0 spiro atoms. The Balaban J connectivity index is 1.67. The van der Waals surface area contributed by atoms with Gasteiger partial charge in [-0.25, -0.2) is 9.79 Å². The molecule has 0 amide bonds. The number of carbonyl (C=O) groups excluding carboxylic acids is 1. The number of carbonyl (C=O) groups is 1. The SMILES string of the molecule is Cc1ccc(C2=N/C(=C/c3ccc4c(c3)OCO4)C(=O)O2)cc1[N+](=O)[O-]. The van der Waals surface area contributed by atoms with E-state index in [9.17, 15) is 14.9 Å². The quantitative estimate of drug-likeness (QED) is 0.364. The number of hydrogen-bond donors (Lipinski definition) is 0. The van der Waals surface area contributed by atoms with E-state index >= 15 is 0 Å². The van der Waals surface area contributed by atoms with Gasteiger partial charge in [0, 0.05) is 17.2 Å². The highest BCUT2D eigenvalue weighted by Gasteiger charge is 2.26. The zero-order valence-electron chi connectivity index (χ0n) is 13.6. The molecule has 0 N–H and O–H groups in total. The van der Waals surface area contributed by atoms with E-state index in [-0.39, 0.29) is 24.1 Å². The average Bonchev–Trinajstić information content (AvgIpc) is 3.21. The lowest BCUT2D eigenvalue weighted by molar-refractivity contribution is -0.385. The van der Waals surface area contributed by atoms with E-state index in [4.69, 9.17) is 14.2 Å². The lowest BCUT2D eigenvalue weighted by Gasteiger charge is -2.01. The summed E-state index contributed by atoms with van der Waals surface area (Å²) >= 11 is 0. The zero-order chi connectivity index (χ0) is 18.3. The number of rotatable bonds is 3. The first-order chi connectivity index (χ1) is 12.5. The third-order valence-electron chi connectivity index (χ3n) is 3.97. The minimum Gasteiger partial charge on any atom is -0.454 e. The average molecular weight is 352 g/mol. The predicted molar refractivity (Wildman–Crippen MR) is 91.0 cm³/mol. The lowest BCUT2D eigenvalue weighted by Crippen LogP contribution is -2.06. The Labute approximate surface area is 147 Å². The van der Waals surface area contributed by atoms with Crippen molar-refractivity contribution in [1.29, 1.82) is 0 Å². The van der Waals surface area contributed by atoms with E-state index in [0.717, 1.165) is 0 Å². The molecule has 2 aliphatic heterocycles. The van der Waals surface area contributed by atoms with Gasteiger partial charge in [-0.2, -0.15) is 0 Å². The molecule has 2 aromatic carbocycles. The number of aliphatic imine (C=N–C) groups is 1. The van der Waals surface area contributed by atoms with Crippen LogP contribution in [0.3, 0.4) is 0 Å². The van der Waals surface area contributed by atoms with Crippen molar-refractivity contribution in [2.24, 2.45) is 4.99 Å². The summed E-state index contributed by atoms with van der Waals surface area (Å²) in [6.07, 6.45) is 1.56. The molecule has 0 aliphatic carbocycles. The fourth-order valence-corrected chi connectivity index (χ4v) is 2.63. The number of benzene rings is 2. The van der Waals surface area contributed by atoms with Crippen LogP contribution in [0.25, 0.3) is 6.08 Å². The van der Waals surface area contributed by atoms with Gasteiger partial charge < -0.3 is 14.2 Å². The first kappa shape index (κ1) is 15.8. The highest BCUT2D eigenvalue weighted by Crippen LogP contribution is 2.33. The van der Waals surface area contributed by atoms with Gasteiger partial charge in [-0.05, 0) is 36.8 Å². The molecule has 0 aromatic heterocycles. The molecule has 0 fully saturated rings. The van der Waals surface area contributed by atoms with E-state index in [0.29, 0.717) is 28.2 Å². The second-order valence-corrected chi connectivity index (χ2v) is 5.71. The number of hydrogen-bond acceptors (Lipinski definition) is 7. The molecule has 0 saturated heterocycles. The minimum atomic E-state index is -0.624. The van der Waals surface area contributed by atoms with Gasteiger partial charge in [0.2, 0.25) is 12.7 Å². The monoisotopic (exact) mass is 352 g/mol. The molecule has 2 aliphatic rings. The van der Waals surface area contributed by atoms with Crippen molar-refractivity contribution in [1.82, 2.24) is 0 Å². The van der Waals surface area contributed by atoms with E-state index in [1.807, 2.05) is 0 Å². The summed E-state index contributed by atoms with van der Waals surface area (Å²) in [6, 6.07) is 9.78. The van der Waals surface area contributed by atoms with Crippen LogP contribution in [0.1, 0.15) is 16.7 Å². The number of cyclic esters (lactones) is 1. The first-order valence-corrected chi connectivity index (χ1v) is 7.69.